The SMILES string of the molecule is Br.Oc1cc2c(cc1O)[C@@H]1c3sc(-c4ccccc4)cc3CN[C@H]1CC2. The van der Waals surface area contributed by atoms with Crippen LogP contribution < -0.4 is 5.32 Å². The number of thiophene rings is 1. The summed E-state index contributed by atoms with van der Waals surface area (Å²) in [4.78, 5) is 2.69. The Hall–Kier alpha value is -1.82. The second kappa shape index (κ2) is 6.72. The third-order valence-electron chi connectivity index (χ3n) is 5.44. The third kappa shape index (κ3) is 2.75. The summed E-state index contributed by atoms with van der Waals surface area (Å²) >= 11 is 1.86. The van der Waals surface area contributed by atoms with Gasteiger partial charge in [0.25, 0.3) is 0 Å². The average Bonchev–Trinajstić information content (AvgIpc) is 3.07. The van der Waals surface area contributed by atoms with Gasteiger partial charge in [-0.3, -0.25) is 0 Å². The molecule has 2 aromatic carbocycles. The Labute approximate surface area is 167 Å². The van der Waals surface area contributed by atoms with Crippen molar-refractivity contribution in [2.75, 3.05) is 0 Å². The van der Waals surface area contributed by atoms with Gasteiger partial charge in [-0.05, 0) is 53.3 Å². The van der Waals surface area contributed by atoms with Crippen LogP contribution in [0.3, 0.4) is 0 Å². The van der Waals surface area contributed by atoms with Gasteiger partial charge in [-0.25, -0.2) is 0 Å². The molecule has 0 bridgehead atoms. The molecule has 134 valence electrons. The molecule has 1 aliphatic heterocycles. The van der Waals surface area contributed by atoms with Gasteiger partial charge < -0.3 is 15.5 Å². The predicted octanol–water partition coefficient (Wildman–Crippen LogP) is 4.95. The Kier molecular flexibility index (Phi) is 4.55. The van der Waals surface area contributed by atoms with Crippen LogP contribution in [0.1, 0.15) is 33.9 Å². The zero-order chi connectivity index (χ0) is 17.0. The van der Waals surface area contributed by atoms with E-state index in [0.717, 1.165) is 30.5 Å². The number of nitrogens with one attached hydrogen (secondary N) is 1. The van der Waals surface area contributed by atoms with E-state index in [4.69, 9.17) is 0 Å². The van der Waals surface area contributed by atoms with Crippen molar-refractivity contribution in [3.63, 3.8) is 0 Å². The van der Waals surface area contributed by atoms with E-state index in [1.54, 1.807) is 12.1 Å². The molecule has 3 nitrogen and oxygen atoms in total. The summed E-state index contributed by atoms with van der Waals surface area (Å²) in [6, 6.07) is 16.7. The van der Waals surface area contributed by atoms with Gasteiger partial charge in [0.2, 0.25) is 0 Å². The largest absolute Gasteiger partial charge is 0.504 e. The quantitative estimate of drug-likeness (QED) is 0.479. The zero-order valence-electron chi connectivity index (χ0n) is 14.1. The van der Waals surface area contributed by atoms with Crippen LogP contribution in [0.25, 0.3) is 10.4 Å². The smallest absolute Gasteiger partial charge is 0.157 e. The lowest BCUT2D eigenvalue weighted by atomic mass is 9.75. The van der Waals surface area contributed by atoms with Gasteiger partial charge in [0.05, 0.1) is 0 Å². The highest BCUT2D eigenvalue weighted by atomic mass is 79.9. The van der Waals surface area contributed by atoms with Crippen molar-refractivity contribution in [1.82, 2.24) is 5.32 Å². The Bertz CT molecular complexity index is 954. The molecule has 2 atom stereocenters. The lowest BCUT2D eigenvalue weighted by molar-refractivity contribution is 0.383. The van der Waals surface area contributed by atoms with Gasteiger partial charge >= 0.3 is 0 Å². The second-order valence-corrected chi connectivity index (χ2v) is 7.99. The lowest BCUT2D eigenvalue weighted by Gasteiger charge is -2.38. The molecule has 0 saturated carbocycles. The molecule has 26 heavy (non-hydrogen) atoms. The van der Waals surface area contributed by atoms with Crippen molar-refractivity contribution in [2.45, 2.75) is 31.3 Å². The highest BCUT2D eigenvalue weighted by Crippen LogP contribution is 2.48. The maximum absolute atomic E-state index is 10.0. The number of hydrogen-bond donors (Lipinski definition) is 3. The first-order chi connectivity index (χ1) is 12.2. The van der Waals surface area contributed by atoms with Crippen LogP contribution >= 0.6 is 28.3 Å². The fraction of sp³-hybridized carbons (Fsp3) is 0.238. The number of fused-ring (bicyclic) bond motifs is 5. The number of aromatic hydroxyl groups is 2. The van der Waals surface area contributed by atoms with Crippen LogP contribution in [-0.2, 0) is 13.0 Å². The Balaban J connectivity index is 0.00000168. The number of phenols is 2. The zero-order valence-corrected chi connectivity index (χ0v) is 16.6. The summed E-state index contributed by atoms with van der Waals surface area (Å²) in [5, 5.41) is 23.6. The fourth-order valence-electron chi connectivity index (χ4n) is 4.21. The van der Waals surface area contributed by atoms with E-state index in [-0.39, 0.29) is 34.4 Å². The molecule has 0 saturated heterocycles. The monoisotopic (exact) mass is 429 g/mol. The van der Waals surface area contributed by atoms with Crippen LogP contribution in [0.2, 0.25) is 0 Å². The first-order valence-corrected chi connectivity index (χ1v) is 9.48. The van der Waals surface area contributed by atoms with E-state index in [1.165, 1.54) is 20.9 Å². The van der Waals surface area contributed by atoms with Crippen LogP contribution in [-0.4, -0.2) is 16.3 Å². The van der Waals surface area contributed by atoms with Crippen molar-refractivity contribution in [2.24, 2.45) is 0 Å². The van der Waals surface area contributed by atoms with Crippen LogP contribution in [0.5, 0.6) is 11.5 Å². The maximum Gasteiger partial charge on any atom is 0.157 e. The summed E-state index contributed by atoms with van der Waals surface area (Å²) in [6.07, 6.45) is 1.99. The molecule has 5 rings (SSSR count). The molecule has 2 heterocycles. The first-order valence-electron chi connectivity index (χ1n) is 8.67. The van der Waals surface area contributed by atoms with Gasteiger partial charge in [0.1, 0.15) is 0 Å². The minimum Gasteiger partial charge on any atom is -0.504 e. The number of benzene rings is 2. The summed E-state index contributed by atoms with van der Waals surface area (Å²) in [5.74, 6) is 0.213. The molecule has 3 N–H and O–H groups in total. The molecule has 0 radical (unpaired) electrons. The molecule has 1 aromatic heterocycles. The summed E-state index contributed by atoms with van der Waals surface area (Å²) < 4.78 is 0. The minimum absolute atomic E-state index is 0. The molecular formula is C21H20BrNO2S. The topological polar surface area (TPSA) is 52.5 Å². The molecule has 0 amide bonds. The van der Waals surface area contributed by atoms with E-state index in [9.17, 15) is 10.2 Å². The van der Waals surface area contributed by atoms with E-state index < -0.39 is 0 Å². The van der Waals surface area contributed by atoms with Gasteiger partial charge in [0, 0.05) is 28.3 Å². The molecule has 5 heteroatoms. The second-order valence-electron chi connectivity index (χ2n) is 6.91. The van der Waals surface area contributed by atoms with Gasteiger partial charge in [-0.1, -0.05) is 30.3 Å². The Morgan fingerprint density at radius 3 is 2.54 bits per heavy atom. The van der Waals surface area contributed by atoms with Crippen molar-refractivity contribution in [3.05, 3.63) is 70.1 Å². The number of aryl methyl sites for hydroxylation is 1. The molecule has 0 spiro atoms. The van der Waals surface area contributed by atoms with E-state index in [1.807, 2.05) is 17.4 Å². The van der Waals surface area contributed by atoms with Crippen molar-refractivity contribution < 1.29 is 10.2 Å². The van der Waals surface area contributed by atoms with Crippen LogP contribution in [0, 0.1) is 0 Å². The fourth-order valence-corrected chi connectivity index (χ4v) is 5.58. The summed E-state index contributed by atoms with van der Waals surface area (Å²) in [5.41, 5.74) is 4.91. The van der Waals surface area contributed by atoms with Crippen LogP contribution in [0.4, 0.5) is 0 Å². The molecular weight excluding hydrogens is 410 g/mol. The highest BCUT2D eigenvalue weighted by molar-refractivity contribution is 8.93. The number of rotatable bonds is 1. The standard InChI is InChI=1S/C21H19NO2S.BrH/c23-17-8-13-6-7-16-20(15(13)10-18(17)24)21-14(11-22-16)9-19(25-21)12-4-2-1-3-5-12;/h1-5,8-10,16,20,22-24H,6-7,11H2;1H/t16-,20-;/m0./s1. The highest BCUT2D eigenvalue weighted by Gasteiger charge is 2.37. The average molecular weight is 430 g/mol. The summed E-state index contributed by atoms with van der Waals surface area (Å²) in [6.45, 7) is 0.902. The van der Waals surface area contributed by atoms with E-state index in [0.29, 0.717) is 6.04 Å². The van der Waals surface area contributed by atoms with E-state index >= 15 is 0 Å². The molecule has 2 aliphatic rings. The van der Waals surface area contributed by atoms with Crippen molar-refractivity contribution in [3.8, 4) is 21.9 Å². The van der Waals surface area contributed by atoms with Crippen LogP contribution in [0.15, 0.2) is 48.5 Å². The minimum atomic E-state index is -0.0219. The van der Waals surface area contributed by atoms with Crippen molar-refractivity contribution in [1.29, 1.82) is 0 Å². The number of phenolic OH excluding ortho intramolecular Hbond substituents is 2. The molecule has 1 aliphatic carbocycles. The Morgan fingerprint density at radius 2 is 1.73 bits per heavy atom. The Morgan fingerprint density at radius 1 is 0.962 bits per heavy atom. The maximum atomic E-state index is 10.0. The van der Waals surface area contributed by atoms with Gasteiger partial charge in [0.15, 0.2) is 11.5 Å². The normalized spacial score (nSPS) is 20.5. The summed E-state index contributed by atoms with van der Waals surface area (Å²) in [7, 11) is 0. The molecule has 0 fully saturated rings. The number of halogens is 1. The third-order valence-corrected chi connectivity index (χ3v) is 6.75. The molecule has 0 unspecified atom stereocenters. The molecule has 3 aromatic rings. The predicted molar refractivity (Wildman–Crippen MR) is 111 cm³/mol. The number of hydrogen-bond acceptors (Lipinski definition) is 4. The lowest BCUT2D eigenvalue weighted by Crippen LogP contribution is -2.41. The van der Waals surface area contributed by atoms with Gasteiger partial charge in [-0.15, -0.1) is 28.3 Å². The first kappa shape index (κ1) is 17.6. The van der Waals surface area contributed by atoms with E-state index in [2.05, 4.69) is 35.6 Å². The van der Waals surface area contributed by atoms with Gasteiger partial charge in [-0.2, -0.15) is 0 Å². The van der Waals surface area contributed by atoms with Crippen molar-refractivity contribution >= 4 is 28.3 Å².